The molecule has 0 aliphatic carbocycles. The van der Waals surface area contributed by atoms with Crippen LogP contribution >= 0.6 is 0 Å². The average Bonchev–Trinajstić information content (AvgIpc) is 2.99. The molecule has 0 N–H and O–H groups in total. The SMILES string of the molecule is CCOc1cccc2c1ccn2Cc1nc(C)no1. The maximum atomic E-state index is 5.62. The molecule has 2 aromatic heterocycles. The standard InChI is InChI=1S/C14H15N3O2/c1-3-18-13-6-4-5-12-11(13)7-8-17(12)9-14-15-10(2)16-19-14/h4-8H,3,9H2,1-2H3. The fourth-order valence-electron chi connectivity index (χ4n) is 2.16. The highest BCUT2D eigenvalue weighted by molar-refractivity contribution is 5.86. The number of hydrogen-bond donors (Lipinski definition) is 0. The van der Waals surface area contributed by atoms with Gasteiger partial charge in [0.25, 0.3) is 0 Å². The van der Waals surface area contributed by atoms with E-state index in [0.29, 0.717) is 24.9 Å². The Morgan fingerprint density at radius 2 is 2.21 bits per heavy atom. The van der Waals surface area contributed by atoms with Crippen molar-refractivity contribution in [1.29, 1.82) is 0 Å². The first-order valence-electron chi connectivity index (χ1n) is 6.28. The van der Waals surface area contributed by atoms with Crippen molar-refractivity contribution in [1.82, 2.24) is 14.7 Å². The number of rotatable bonds is 4. The highest BCUT2D eigenvalue weighted by Gasteiger charge is 2.09. The quantitative estimate of drug-likeness (QED) is 0.721. The summed E-state index contributed by atoms with van der Waals surface area (Å²) >= 11 is 0. The van der Waals surface area contributed by atoms with E-state index in [1.165, 1.54) is 0 Å². The lowest BCUT2D eigenvalue weighted by Gasteiger charge is -2.06. The molecule has 5 heteroatoms. The number of aromatic nitrogens is 3. The number of nitrogens with zero attached hydrogens (tertiary/aromatic N) is 3. The molecule has 0 fully saturated rings. The monoisotopic (exact) mass is 257 g/mol. The van der Waals surface area contributed by atoms with Gasteiger partial charge in [-0.1, -0.05) is 11.2 Å². The molecular weight excluding hydrogens is 242 g/mol. The van der Waals surface area contributed by atoms with E-state index in [1.807, 2.05) is 38.2 Å². The normalized spacial score (nSPS) is 11.1. The molecule has 0 bridgehead atoms. The van der Waals surface area contributed by atoms with Gasteiger partial charge in [-0.3, -0.25) is 0 Å². The van der Waals surface area contributed by atoms with Gasteiger partial charge >= 0.3 is 0 Å². The Morgan fingerprint density at radius 1 is 1.32 bits per heavy atom. The Bertz CT molecular complexity index is 700. The third-order valence-corrected chi connectivity index (χ3v) is 2.95. The summed E-state index contributed by atoms with van der Waals surface area (Å²) in [5.41, 5.74) is 1.10. The Balaban J connectivity index is 1.98. The smallest absolute Gasteiger partial charge is 0.246 e. The molecule has 0 amide bonds. The van der Waals surface area contributed by atoms with Gasteiger partial charge in [-0.15, -0.1) is 0 Å². The summed E-state index contributed by atoms with van der Waals surface area (Å²) in [5, 5.41) is 4.90. The summed E-state index contributed by atoms with van der Waals surface area (Å²) in [4.78, 5) is 4.22. The van der Waals surface area contributed by atoms with Crippen molar-refractivity contribution >= 4 is 10.9 Å². The second-order valence-electron chi connectivity index (χ2n) is 4.30. The van der Waals surface area contributed by atoms with E-state index < -0.39 is 0 Å². The van der Waals surface area contributed by atoms with E-state index in [4.69, 9.17) is 9.26 Å². The fourth-order valence-corrected chi connectivity index (χ4v) is 2.16. The van der Waals surface area contributed by atoms with Crippen LogP contribution in [0, 0.1) is 6.92 Å². The van der Waals surface area contributed by atoms with Gasteiger partial charge in [0.05, 0.1) is 12.1 Å². The lowest BCUT2D eigenvalue weighted by Crippen LogP contribution is -1.98. The van der Waals surface area contributed by atoms with Gasteiger partial charge in [0, 0.05) is 11.6 Å². The average molecular weight is 257 g/mol. The maximum Gasteiger partial charge on any atom is 0.246 e. The van der Waals surface area contributed by atoms with Crippen LogP contribution < -0.4 is 4.74 Å². The molecule has 0 aliphatic rings. The predicted molar refractivity (Wildman–Crippen MR) is 71.2 cm³/mol. The summed E-state index contributed by atoms with van der Waals surface area (Å²) in [5.74, 6) is 2.17. The molecule has 2 heterocycles. The Morgan fingerprint density at radius 3 is 2.95 bits per heavy atom. The predicted octanol–water partition coefficient (Wildman–Crippen LogP) is 2.78. The first-order chi connectivity index (χ1) is 9.28. The van der Waals surface area contributed by atoms with Gasteiger partial charge in [-0.25, -0.2) is 0 Å². The lowest BCUT2D eigenvalue weighted by atomic mass is 10.2. The highest BCUT2D eigenvalue weighted by Crippen LogP contribution is 2.26. The van der Waals surface area contributed by atoms with Crippen LogP contribution in [-0.2, 0) is 6.54 Å². The van der Waals surface area contributed by atoms with Crippen LogP contribution in [0.2, 0.25) is 0 Å². The van der Waals surface area contributed by atoms with Gasteiger partial charge < -0.3 is 13.8 Å². The third kappa shape index (κ3) is 2.19. The summed E-state index contributed by atoms with van der Waals surface area (Å²) in [6.45, 7) is 5.03. The van der Waals surface area contributed by atoms with Crippen LogP contribution in [0.4, 0.5) is 0 Å². The van der Waals surface area contributed by atoms with Crippen LogP contribution in [0.25, 0.3) is 10.9 Å². The van der Waals surface area contributed by atoms with Crippen molar-refractivity contribution in [3.63, 3.8) is 0 Å². The van der Waals surface area contributed by atoms with Gasteiger partial charge in [0.1, 0.15) is 12.3 Å². The first-order valence-corrected chi connectivity index (χ1v) is 6.28. The number of ether oxygens (including phenoxy) is 1. The molecule has 0 unspecified atom stereocenters. The largest absolute Gasteiger partial charge is 0.493 e. The Labute approximate surface area is 110 Å². The molecule has 98 valence electrons. The van der Waals surface area contributed by atoms with Crippen molar-refractivity contribution in [2.45, 2.75) is 20.4 Å². The van der Waals surface area contributed by atoms with Crippen molar-refractivity contribution in [2.24, 2.45) is 0 Å². The van der Waals surface area contributed by atoms with E-state index in [1.54, 1.807) is 0 Å². The van der Waals surface area contributed by atoms with Crippen LogP contribution in [-0.4, -0.2) is 21.3 Å². The molecule has 19 heavy (non-hydrogen) atoms. The number of aryl methyl sites for hydroxylation is 1. The maximum absolute atomic E-state index is 5.62. The van der Waals surface area contributed by atoms with E-state index in [9.17, 15) is 0 Å². The number of fused-ring (bicyclic) bond motifs is 1. The van der Waals surface area contributed by atoms with Crippen molar-refractivity contribution < 1.29 is 9.26 Å². The molecule has 0 atom stereocenters. The van der Waals surface area contributed by atoms with Crippen molar-refractivity contribution in [2.75, 3.05) is 6.61 Å². The Hall–Kier alpha value is -2.30. The van der Waals surface area contributed by atoms with E-state index in [-0.39, 0.29) is 0 Å². The van der Waals surface area contributed by atoms with Crippen molar-refractivity contribution in [3.05, 3.63) is 42.2 Å². The number of benzene rings is 1. The van der Waals surface area contributed by atoms with Gasteiger partial charge in [0.15, 0.2) is 5.82 Å². The molecule has 0 radical (unpaired) electrons. The van der Waals surface area contributed by atoms with E-state index in [2.05, 4.69) is 20.8 Å². The summed E-state index contributed by atoms with van der Waals surface area (Å²) in [6.07, 6.45) is 2.01. The van der Waals surface area contributed by atoms with Gasteiger partial charge in [-0.2, -0.15) is 4.98 Å². The van der Waals surface area contributed by atoms with Gasteiger partial charge in [0.2, 0.25) is 5.89 Å². The molecule has 3 rings (SSSR count). The zero-order chi connectivity index (χ0) is 13.2. The first kappa shape index (κ1) is 11.8. The van der Waals surface area contributed by atoms with Crippen LogP contribution in [0.15, 0.2) is 35.0 Å². The molecule has 0 saturated carbocycles. The molecular formula is C14H15N3O2. The molecule has 0 spiro atoms. The molecule has 0 saturated heterocycles. The molecule has 0 aliphatic heterocycles. The summed E-state index contributed by atoms with van der Waals surface area (Å²) < 4.78 is 12.8. The highest BCUT2D eigenvalue weighted by atomic mass is 16.5. The fraction of sp³-hybridized carbons (Fsp3) is 0.286. The molecule has 3 aromatic rings. The second-order valence-corrected chi connectivity index (χ2v) is 4.30. The minimum absolute atomic E-state index is 0.569. The minimum Gasteiger partial charge on any atom is -0.493 e. The lowest BCUT2D eigenvalue weighted by molar-refractivity contribution is 0.344. The van der Waals surface area contributed by atoms with Crippen LogP contribution in [0.3, 0.4) is 0 Å². The van der Waals surface area contributed by atoms with E-state index >= 15 is 0 Å². The summed E-state index contributed by atoms with van der Waals surface area (Å²) in [6, 6.07) is 8.07. The summed E-state index contributed by atoms with van der Waals surface area (Å²) in [7, 11) is 0. The van der Waals surface area contributed by atoms with E-state index in [0.717, 1.165) is 16.7 Å². The Kier molecular flexibility index (Phi) is 2.95. The van der Waals surface area contributed by atoms with Gasteiger partial charge in [-0.05, 0) is 32.0 Å². The topological polar surface area (TPSA) is 53.1 Å². The third-order valence-electron chi connectivity index (χ3n) is 2.95. The second kappa shape index (κ2) is 4.76. The number of hydrogen-bond acceptors (Lipinski definition) is 4. The van der Waals surface area contributed by atoms with Crippen LogP contribution in [0.1, 0.15) is 18.6 Å². The van der Waals surface area contributed by atoms with Crippen LogP contribution in [0.5, 0.6) is 5.75 Å². The minimum atomic E-state index is 0.569. The molecule has 5 nitrogen and oxygen atoms in total. The zero-order valence-electron chi connectivity index (χ0n) is 11.0. The zero-order valence-corrected chi connectivity index (χ0v) is 11.0. The molecule has 1 aromatic carbocycles. The van der Waals surface area contributed by atoms with Crippen molar-refractivity contribution in [3.8, 4) is 5.75 Å².